The lowest BCUT2D eigenvalue weighted by Crippen LogP contribution is -2.30. The van der Waals surface area contributed by atoms with Crippen molar-refractivity contribution in [3.8, 4) is 0 Å². The molecule has 2 unspecified atom stereocenters. The molecule has 0 aliphatic carbocycles. The Balaban J connectivity index is 5.17. The Bertz CT molecular complexity index is 1850. The highest BCUT2D eigenvalue weighted by molar-refractivity contribution is 7.47. The van der Waals surface area contributed by atoms with Crippen molar-refractivity contribution in [1.29, 1.82) is 0 Å². The van der Waals surface area contributed by atoms with Gasteiger partial charge in [0.25, 0.3) is 0 Å². The molecule has 3 N–H and O–H groups in total. The summed E-state index contributed by atoms with van der Waals surface area (Å²) in [5, 5.41) is 10.6. The lowest BCUT2D eigenvalue weighted by molar-refractivity contribution is -0.161. The summed E-state index contributed by atoms with van der Waals surface area (Å²) >= 11 is 0. The molecule has 0 aliphatic heterocycles. The van der Waals surface area contributed by atoms with Crippen LogP contribution in [-0.2, 0) is 65.4 Å². The topological polar surface area (TPSA) is 237 Å². The Labute approximate surface area is 581 Å². The molecule has 0 bridgehead atoms. The molecule has 0 aromatic carbocycles. The quantitative estimate of drug-likeness (QED) is 0.0222. The number of aliphatic hydroxyl groups excluding tert-OH is 1. The predicted octanol–water partition coefficient (Wildman–Crippen LogP) is 22.2. The van der Waals surface area contributed by atoms with E-state index in [-0.39, 0.29) is 25.7 Å². The van der Waals surface area contributed by atoms with Gasteiger partial charge in [-0.1, -0.05) is 337 Å². The van der Waals surface area contributed by atoms with Gasteiger partial charge in [-0.3, -0.25) is 37.3 Å². The smallest absolute Gasteiger partial charge is 0.462 e. The Morgan fingerprint density at radius 3 is 0.716 bits per heavy atom. The van der Waals surface area contributed by atoms with E-state index in [1.807, 2.05) is 0 Å². The van der Waals surface area contributed by atoms with Crippen LogP contribution in [0.15, 0.2) is 0 Å². The van der Waals surface area contributed by atoms with Crippen molar-refractivity contribution in [1.82, 2.24) is 0 Å². The number of phosphoric acid groups is 2. The fraction of sp³-hybridized carbons (Fsp3) is 0.947. The standard InChI is InChI=1S/C76H148O17P2/c1-8-9-10-11-12-13-14-15-16-17-18-19-20-21-22-25-29-32-35-45-52-59-75(80)92-71(63-86-73(78)57-50-43-34-31-28-26-23-24-27-30-33-40-47-54-67(2)3)65-90-94(82,83)88-61-70(77)62-89-95(84,85)91-66-72(93-76(81)60-53-46-39-37-42-49-56-69(6)7)64-87-74(79)58-51-44-38-36-41-48-55-68(4)5/h67-72,77H,8-66H2,1-7H3,(H,82,83)(H,84,85)/t70-,71-,72-/m1/s1. The number of phosphoric ester groups is 2. The summed E-state index contributed by atoms with van der Waals surface area (Å²) in [6.45, 7) is 11.7. The van der Waals surface area contributed by atoms with Crippen molar-refractivity contribution >= 4 is 39.5 Å². The first-order valence-corrected chi connectivity index (χ1v) is 42.3. The van der Waals surface area contributed by atoms with Crippen molar-refractivity contribution in [3.63, 3.8) is 0 Å². The molecule has 0 amide bonds. The first kappa shape index (κ1) is 93.1. The summed E-state index contributed by atoms with van der Waals surface area (Å²) in [6.07, 6.45) is 53.3. The Morgan fingerprint density at radius 1 is 0.284 bits per heavy atom. The number of rotatable bonds is 74. The first-order chi connectivity index (χ1) is 45.7. The van der Waals surface area contributed by atoms with Crippen LogP contribution in [0.2, 0.25) is 0 Å². The molecule has 19 heteroatoms. The summed E-state index contributed by atoms with van der Waals surface area (Å²) < 4.78 is 68.4. The average Bonchev–Trinajstić information content (AvgIpc) is 1.30. The van der Waals surface area contributed by atoms with E-state index in [4.69, 9.17) is 37.0 Å². The highest BCUT2D eigenvalue weighted by atomic mass is 31.2. The number of carbonyl (C=O) groups is 4. The second-order valence-electron chi connectivity index (χ2n) is 28.8. The van der Waals surface area contributed by atoms with Gasteiger partial charge in [-0.15, -0.1) is 0 Å². The van der Waals surface area contributed by atoms with Crippen LogP contribution in [0, 0.1) is 17.8 Å². The second kappa shape index (κ2) is 66.6. The number of hydrogen-bond acceptors (Lipinski definition) is 15. The highest BCUT2D eigenvalue weighted by Crippen LogP contribution is 2.45. The highest BCUT2D eigenvalue weighted by Gasteiger charge is 2.30. The maximum absolute atomic E-state index is 13.1. The zero-order valence-corrected chi connectivity index (χ0v) is 63.9. The SMILES string of the molecule is CCCCCCCCCCCCCCCCCCCCCCCC(=O)O[C@H](COC(=O)CCCCCCCCCCCCCCCC(C)C)COP(=O)(O)OC[C@@H](O)COP(=O)(O)OC[C@@H](COC(=O)CCCCCCCCC(C)C)OC(=O)CCCCCCCCC(C)C. The van der Waals surface area contributed by atoms with Crippen LogP contribution in [0.4, 0.5) is 0 Å². The fourth-order valence-electron chi connectivity index (χ4n) is 11.6. The largest absolute Gasteiger partial charge is 0.472 e. The zero-order valence-electron chi connectivity index (χ0n) is 62.1. The minimum atomic E-state index is -4.96. The van der Waals surface area contributed by atoms with Crippen molar-refractivity contribution in [2.75, 3.05) is 39.6 Å². The van der Waals surface area contributed by atoms with Gasteiger partial charge in [0.15, 0.2) is 12.2 Å². The zero-order chi connectivity index (χ0) is 70.1. The third-order valence-electron chi connectivity index (χ3n) is 17.6. The minimum absolute atomic E-state index is 0.101. The Kier molecular flexibility index (Phi) is 65.2. The van der Waals surface area contributed by atoms with Crippen LogP contribution in [0.3, 0.4) is 0 Å². The first-order valence-electron chi connectivity index (χ1n) is 39.3. The molecule has 0 saturated carbocycles. The van der Waals surface area contributed by atoms with Gasteiger partial charge in [-0.2, -0.15) is 0 Å². The minimum Gasteiger partial charge on any atom is -0.462 e. The fourth-order valence-corrected chi connectivity index (χ4v) is 13.2. The third-order valence-corrected chi connectivity index (χ3v) is 19.5. The number of esters is 4. The van der Waals surface area contributed by atoms with Gasteiger partial charge < -0.3 is 33.8 Å². The van der Waals surface area contributed by atoms with E-state index < -0.39 is 97.5 Å². The van der Waals surface area contributed by atoms with Gasteiger partial charge in [0.05, 0.1) is 26.4 Å². The van der Waals surface area contributed by atoms with Gasteiger partial charge in [-0.05, 0) is 43.4 Å². The van der Waals surface area contributed by atoms with Crippen LogP contribution in [-0.4, -0.2) is 96.7 Å². The molecule has 17 nitrogen and oxygen atoms in total. The molecule has 5 atom stereocenters. The van der Waals surface area contributed by atoms with Crippen molar-refractivity contribution < 1.29 is 80.2 Å². The van der Waals surface area contributed by atoms with Gasteiger partial charge in [-0.25, -0.2) is 9.13 Å². The van der Waals surface area contributed by atoms with E-state index in [1.54, 1.807) is 0 Å². The summed E-state index contributed by atoms with van der Waals surface area (Å²) in [4.78, 5) is 72.7. The Morgan fingerprint density at radius 2 is 0.484 bits per heavy atom. The molecule has 0 radical (unpaired) electrons. The van der Waals surface area contributed by atoms with Crippen molar-refractivity contribution in [3.05, 3.63) is 0 Å². The molecule has 0 saturated heterocycles. The van der Waals surface area contributed by atoms with E-state index in [0.717, 1.165) is 102 Å². The third kappa shape index (κ3) is 70.3. The normalized spacial score (nSPS) is 14.1. The summed E-state index contributed by atoms with van der Waals surface area (Å²) in [5.74, 6) is 0.0135. The van der Waals surface area contributed by atoms with Gasteiger partial charge in [0, 0.05) is 25.7 Å². The Hall–Kier alpha value is -1.94. The summed E-state index contributed by atoms with van der Waals surface area (Å²) in [5.41, 5.74) is 0. The predicted molar refractivity (Wildman–Crippen MR) is 386 cm³/mol. The van der Waals surface area contributed by atoms with Crippen LogP contribution in [0.25, 0.3) is 0 Å². The lowest BCUT2D eigenvalue weighted by Gasteiger charge is -2.21. The van der Waals surface area contributed by atoms with E-state index >= 15 is 0 Å². The van der Waals surface area contributed by atoms with Crippen LogP contribution < -0.4 is 0 Å². The molecule has 0 fully saturated rings. The number of unbranched alkanes of at least 4 members (excludes halogenated alkanes) is 42. The molecular formula is C76H148O17P2. The lowest BCUT2D eigenvalue weighted by atomic mass is 10.0. The molecule has 0 spiro atoms. The van der Waals surface area contributed by atoms with Crippen LogP contribution in [0.5, 0.6) is 0 Å². The van der Waals surface area contributed by atoms with E-state index in [2.05, 4.69) is 48.5 Å². The maximum Gasteiger partial charge on any atom is 0.472 e. The van der Waals surface area contributed by atoms with E-state index in [1.165, 1.54) is 193 Å². The maximum atomic E-state index is 13.1. The van der Waals surface area contributed by atoms with Crippen molar-refractivity contribution in [2.24, 2.45) is 17.8 Å². The molecule has 564 valence electrons. The molecule has 0 heterocycles. The second-order valence-corrected chi connectivity index (χ2v) is 31.7. The van der Waals surface area contributed by atoms with Gasteiger partial charge in [0.2, 0.25) is 0 Å². The molecule has 0 aliphatic rings. The molecule has 95 heavy (non-hydrogen) atoms. The number of carbonyl (C=O) groups excluding carboxylic acids is 4. The van der Waals surface area contributed by atoms with Crippen molar-refractivity contribution in [2.45, 2.75) is 407 Å². The molecule has 0 rings (SSSR count). The van der Waals surface area contributed by atoms with E-state index in [9.17, 15) is 43.2 Å². The monoisotopic (exact) mass is 1400 g/mol. The summed E-state index contributed by atoms with van der Waals surface area (Å²) in [7, 11) is -9.91. The number of hydrogen-bond donors (Lipinski definition) is 3. The van der Waals surface area contributed by atoms with E-state index in [0.29, 0.717) is 37.5 Å². The molecule has 0 aromatic heterocycles. The van der Waals surface area contributed by atoms with Crippen LogP contribution in [0.1, 0.15) is 389 Å². The summed E-state index contributed by atoms with van der Waals surface area (Å²) in [6, 6.07) is 0. The molecule has 0 aromatic rings. The average molecular weight is 1400 g/mol. The van der Waals surface area contributed by atoms with Crippen LogP contribution >= 0.6 is 15.6 Å². The molecular weight excluding hydrogens is 1250 g/mol. The number of aliphatic hydroxyl groups is 1. The van der Waals surface area contributed by atoms with Gasteiger partial charge in [0.1, 0.15) is 19.3 Å². The number of ether oxygens (including phenoxy) is 4. The van der Waals surface area contributed by atoms with Gasteiger partial charge >= 0.3 is 39.5 Å².